The van der Waals surface area contributed by atoms with Gasteiger partial charge in [-0.05, 0) is 92.6 Å². The van der Waals surface area contributed by atoms with Gasteiger partial charge in [0.25, 0.3) is 0 Å². The number of hydrogen-bond acceptors (Lipinski definition) is 0. The van der Waals surface area contributed by atoms with Gasteiger partial charge in [-0.25, -0.2) is 0 Å². The summed E-state index contributed by atoms with van der Waals surface area (Å²) in [4.78, 5) is 0. The Bertz CT molecular complexity index is 489. The molecule has 26 heavy (non-hydrogen) atoms. The molecule has 0 saturated heterocycles. The van der Waals surface area contributed by atoms with E-state index in [4.69, 9.17) is 0 Å². The molecule has 0 radical (unpaired) electrons. The smallest absolute Gasteiger partial charge is 0.0894 e. The van der Waals surface area contributed by atoms with Crippen LogP contribution < -0.4 is 0 Å². The van der Waals surface area contributed by atoms with E-state index in [0.717, 1.165) is 36.5 Å². The number of halogens is 1. The fraction of sp³-hybridized carbons (Fsp3) is 0.760. The van der Waals surface area contributed by atoms with Crippen molar-refractivity contribution in [2.24, 2.45) is 17.8 Å². The first-order valence-corrected chi connectivity index (χ1v) is 11.4. The quantitative estimate of drug-likeness (QED) is 0.415. The molecule has 1 aromatic carbocycles. The minimum absolute atomic E-state index is 0.179. The fourth-order valence-electron chi connectivity index (χ4n) is 5.66. The SMILES string of the molecule is CCC[C@H]1CC[C@H]([C@H]2CC[C@H](c3ccc(CCCCF)cc3)CC2)CC1. The lowest BCUT2D eigenvalue weighted by molar-refractivity contribution is 0.156. The average molecular weight is 359 g/mol. The van der Waals surface area contributed by atoms with E-state index in [-0.39, 0.29) is 6.67 Å². The van der Waals surface area contributed by atoms with Crippen LogP contribution in [-0.4, -0.2) is 6.67 Å². The van der Waals surface area contributed by atoms with E-state index >= 15 is 0 Å². The number of unbranched alkanes of at least 4 members (excludes halogenated alkanes) is 1. The minimum Gasteiger partial charge on any atom is -0.251 e. The largest absolute Gasteiger partial charge is 0.251 e. The maximum Gasteiger partial charge on any atom is 0.0894 e. The van der Waals surface area contributed by atoms with Crippen molar-refractivity contribution in [3.05, 3.63) is 35.4 Å². The van der Waals surface area contributed by atoms with E-state index in [9.17, 15) is 4.39 Å². The first-order valence-electron chi connectivity index (χ1n) is 11.4. The van der Waals surface area contributed by atoms with Gasteiger partial charge in [-0.2, -0.15) is 0 Å². The molecule has 0 spiro atoms. The van der Waals surface area contributed by atoms with E-state index in [0.29, 0.717) is 6.42 Å². The van der Waals surface area contributed by atoms with Crippen molar-refractivity contribution in [1.29, 1.82) is 0 Å². The zero-order chi connectivity index (χ0) is 18.2. The summed E-state index contributed by atoms with van der Waals surface area (Å²) in [7, 11) is 0. The topological polar surface area (TPSA) is 0 Å². The highest BCUT2D eigenvalue weighted by Crippen LogP contribution is 2.44. The average Bonchev–Trinajstić information content (AvgIpc) is 2.70. The molecule has 3 rings (SSSR count). The van der Waals surface area contributed by atoms with E-state index in [2.05, 4.69) is 31.2 Å². The lowest BCUT2D eigenvalue weighted by Crippen LogP contribution is -2.25. The number of aryl methyl sites for hydroxylation is 1. The number of alkyl halides is 1. The molecule has 2 saturated carbocycles. The Morgan fingerprint density at radius 3 is 2.00 bits per heavy atom. The summed E-state index contributed by atoms with van der Waals surface area (Å²) in [5.41, 5.74) is 2.92. The monoisotopic (exact) mass is 358 g/mol. The first kappa shape index (κ1) is 19.9. The summed E-state index contributed by atoms with van der Waals surface area (Å²) in [6.45, 7) is 2.16. The lowest BCUT2D eigenvalue weighted by Gasteiger charge is -2.38. The fourth-order valence-corrected chi connectivity index (χ4v) is 5.66. The summed E-state index contributed by atoms with van der Waals surface area (Å²) in [6.07, 6.45) is 17.2. The Labute approximate surface area is 161 Å². The summed E-state index contributed by atoms with van der Waals surface area (Å²) in [5.74, 6) is 3.86. The molecule has 0 heterocycles. The second-order valence-electron chi connectivity index (χ2n) is 9.07. The van der Waals surface area contributed by atoms with Crippen LogP contribution in [0.5, 0.6) is 0 Å². The van der Waals surface area contributed by atoms with Crippen LogP contribution in [0, 0.1) is 17.8 Å². The van der Waals surface area contributed by atoms with Crippen molar-refractivity contribution in [3.63, 3.8) is 0 Å². The third-order valence-electron chi connectivity index (χ3n) is 7.33. The molecule has 0 atom stereocenters. The lowest BCUT2D eigenvalue weighted by atomic mass is 9.68. The standard InChI is InChI=1S/C25H39F/c1-2-5-20-7-11-22(12-8-20)24-15-17-25(18-16-24)23-13-9-21(10-14-23)6-3-4-19-26/h9-10,13-14,20,22,24-25H,2-8,11-12,15-19H2,1H3/t20-,22-,24-,25-. The van der Waals surface area contributed by atoms with Crippen molar-refractivity contribution in [1.82, 2.24) is 0 Å². The third-order valence-corrected chi connectivity index (χ3v) is 7.33. The maximum atomic E-state index is 12.2. The highest BCUT2D eigenvalue weighted by atomic mass is 19.1. The molecule has 1 aromatic rings. The molecule has 0 nitrogen and oxygen atoms in total. The van der Waals surface area contributed by atoms with Crippen molar-refractivity contribution in [3.8, 4) is 0 Å². The molecule has 2 aliphatic rings. The van der Waals surface area contributed by atoms with Gasteiger partial charge in [0.05, 0.1) is 6.67 Å². The van der Waals surface area contributed by atoms with Crippen LogP contribution in [0.2, 0.25) is 0 Å². The van der Waals surface area contributed by atoms with Crippen molar-refractivity contribution in [2.75, 3.05) is 6.67 Å². The van der Waals surface area contributed by atoms with Gasteiger partial charge in [0, 0.05) is 0 Å². The Balaban J connectivity index is 1.42. The molecule has 2 fully saturated rings. The van der Waals surface area contributed by atoms with Crippen LogP contribution in [0.25, 0.3) is 0 Å². The molecule has 0 amide bonds. The molecule has 0 aliphatic heterocycles. The summed E-state index contributed by atoms with van der Waals surface area (Å²) in [6, 6.07) is 9.28. The number of benzene rings is 1. The van der Waals surface area contributed by atoms with E-state index in [1.165, 1.54) is 69.8 Å². The normalized spacial score (nSPS) is 29.6. The molecule has 0 bridgehead atoms. The van der Waals surface area contributed by atoms with Crippen LogP contribution in [0.1, 0.15) is 101 Å². The predicted molar refractivity (Wildman–Crippen MR) is 110 cm³/mol. The highest BCUT2D eigenvalue weighted by molar-refractivity contribution is 5.26. The molecule has 1 heteroatoms. The van der Waals surface area contributed by atoms with Gasteiger partial charge in [-0.3, -0.25) is 4.39 Å². The number of hydrogen-bond donors (Lipinski definition) is 0. The maximum absolute atomic E-state index is 12.2. The van der Waals surface area contributed by atoms with Gasteiger partial charge in [0.1, 0.15) is 0 Å². The van der Waals surface area contributed by atoms with E-state index in [1.54, 1.807) is 5.56 Å². The second kappa shape index (κ2) is 10.5. The minimum atomic E-state index is -0.179. The molecule has 0 unspecified atom stereocenters. The third kappa shape index (κ3) is 5.57. The molecular formula is C25H39F. The van der Waals surface area contributed by atoms with Crippen LogP contribution in [0.3, 0.4) is 0 Å². The van der Waals surface area contributed by atoms with Crippen molar-refractivity contribution in [2.45, 2.75) is 96.3 Å². The summed E-state index contributed by atoms with van der Waals surface area (Å²) >= 11 is 0. The molecule has 2 aliphatic carbocycles. The first-order chi connectivity index (χ1) is 12.8. The van der Waals surface area contributed by atoms with Gasteiger partial charge >= 0.3 is 0 Å². The molecule has 0 N–H and O–H groups in total. The van der Waals surface area contributed by atoms with Crippen LogP contribution >= 0.6 is 0 Å². The van der Waals surface area contributed by atoms with Gasteiger partial charge < -0.3 is 0 Å². The Kier molecular flexibility index (Phi) is 8.02. The zero-order valence-corrected chi connectivity index (χ0v) is 16.9. The number of rotatable bonds is 8. The molecule has 0 aromatic heterocycles. The van der Waals surface area contributed by atoms with Crippen LogP contribution in [0.4, 0.5) is 4.39 Å². The van der Waals surface area contributed by atoms with Gasteiger partial charge in [0.2, 0.25) is 0 Å². The van der Waals surface area contributed by atoms with E-state index in [1.807, 2.05) is 0 Å². The van der Waals surface area contributed by atoms with Crippen LogP contribution in [-0.2, 0) is 6.42 Å². The van der Waals surface area contributed by atoms with Gasteiger partial charge in [-0.1, -0.05) is 56.9 Å². The van der Waals surface area contributed by atoms with Crippen LogP contribution in [0.15, 0.2) is 24.3 Å². The summed E-state index contributed by atoms with van der Waals surface area (Å²) in [5, 5.41) is 0. The Hall–Kier alpha value is -0.850. The van der Waals surface area contributed by atoms with Gasteiger partial charge in [-0.15, -0.1) is 0 Å². The van der Waals surface area contributed by atoms with Gasteiger partial charge in [0.15, 0.2) is 0 Å². The highest BCUT2D eigenvalue weighted by Gasteiger charge is 2.30. The second-order valence-corrected chi connectivity index (χ2v) is 9.07. The van der Waals surface area contributed by atoms with Crippen molar-refractivity contribution >= 4 is 0 Å². The Morgan fingerprint density at radius 1 is 0.808 bits per heavy atom. The van der Waals surface area contributed by atoms with E-state index < -0.39 is 0 Å². The summed E-state index contributed by atoms with van der Waals surface area (Å²) < 4.78 is 12.2. The predicted octanol–water partition coefficient (Wildman–Crippen LogP) is 7.86. The zero-order valence-electron chi connectivity index (χ0n) is 16.9. The Morgan fingerprint density at radius 2 is 1.42 bits per heavy atom. The molecular weight excluding hydrogens is 319 g/mol. The van der Waals surface area contributed by atoms with Crippen molar-refractivity contribution < 1.29 is 4.39 Å². The molecule has 146 valence electrons.